The minimum atomic E-state index is -0.678. The predicted molar refractivity (Wildman–Crippen MR) is 76.5 cm³/mol. The molecule has 0 amide bonds. The zero-order valence-corrected chi connectivity index (χ0v) is 12.4. The summed E-state index contributed by atoms with van der Waals surface area (Å²) >= 11 is 0. The van der Waals surface area contributed by atoms with Gasteiger partial charge in [0.1, 0.15) is 0 Å². The highest BCUT2D eigenvalue weighted by atomic mass is 28.3. The number of rotatable bonds is 8. The van der Waals surface area contributed by atoms with E-state index in [1.807, 2.05) is 0 Å². The third kappa shape index (κ3) is 6.64. The molecule has 1 unspecified atom stereocenters. The molecule has 1 atom stereocenters. The van der Waals surface area contributed by atoms with Gasteiger partial charge in [-0.15, -0.1) is 0 Å². The Morgan fingerprint density at radius 1 is 1.18 bits per heavy atom. The van der Waals surface area contributed by atoms with Crippen LogP contribution in [0.2, 0.25) is 6.55 Å². The van der Waals surface area contributed by atoms with Gasteiger partial charge in [-0.25, -0.2) is 0 Å². The molecule has 0 spiro atoms. The number of hydrogen-bond donors (Lipinski definition) is 0. The van der Waals surface area contributed by atoms with Crippen LogP contribution in [0.3, 0.4) is 0 Å². The molecule has 0 N–H and O–H groups in total. The van der Waals surface area contributed by atoms with Gasteiger partial charge < -0.3 is 4.43 Å². The zero-order valence-electron chi connectivity index (χ0n) is 11.4. The Kier molecular flexibility index (Phi) is 7.21. The Morgan fingerprint density at radius 3 is 2.53 bits per heavy atom. The third-order valence-corrected chi connectivity index (χ3v) is 4.62. The molecular weight excluding hydrogens is 224 g/mol. The third-order valence-electron chi connectivity index (χ3n) is 2.91. The van der Waals surface area contributed by atoms with Crippen molar-refractivity contribution in [1.82, 2.24) is 0 Å². The molecule has 1 aromatic carbocycles. The Balaban J connectivity index is 2.22. The molecule has 95 valence electrons. The molecule has 0 aliphatic carbocycles. The van der Waals surface area contributed by atoms with Gasteiger partial charge >= 0.3 is 0 Å². The summed E-state index contributed by atoms with van der Waals surface area (Å²) in [6, 6.07) is 11.8. The van der Waals surface area contributed by atoms with Crippen molar-refractivity contribution in [3.63, 3.8) is 0 Å². The highest BCUT2D eigenvalue weighted by Crippen LogP contribution is 2.10. The van der Waals surface area contributed by atoms with Gasteiger partial charge in [-0.2, -0.15) is 0 Å². The largest absolute Gasteiger partial charge is 0.414 e. The first kappa shape index (κ1) is 14.5. The maximum Gasteiger partial charge on any atom is 0.213 e. The topological polar surface area (TPSA) is 9.23 Å². The molecule has 0 bridgehead atoms. The summed E-state index contributed by atoms with van der Waals surface area (Å²) in [5, 5.41) is 0. The summed E-state index contributed by atoms with van der Waals surface area (Å²) < 4.78 is 6.10. The van der Waals surface area contributed by atoms with Crippen molar-refractivity contribution >= 4 is 9.04 Å². The summed E-state index contributed by atoms with van der Waals surface area (Å²) in [6.45, 7) is 6.73. The van der Waals surface area contributed by atoms with E-state index in [1.54, 1.807) is 0 Å². The summed E-state index contributed by atoms with van der Waals surface area (Å²) in [4.78, 5) is 0. The van der Waals surface area contributed by atoms with Crippen LogP contribution in [0.15, 0.2) is 30.3 Å². The predicted octanol–water partition coefficient (Wildman–Crippen LogP) is 4.38. The Morgan fingerprint density at radius 2 is 1.88 bits per heavy atom. The number of unbranched alkanes of at least 4 members (excludes halogenated alkanes) is 2. The van der Waals surface area contributed by atoms with E-state index >= 15 is 0 Å². The van der Waals surface area contributed by atoms with Crippen LogP contribution in [0.25, 0.3) is 0 Å². The highest BCUT2D eigenvalue weighted by molar-refractivity contribution is 6.49. The molecule has 0 aromatic heterocycles. The Hall–Kier alpha value is -0.603. The summed E-state index contributed by atoms with van der Waals surface area (Å²) in [7, 11) is -0.678. The van der Waals surface area contributed by atoms with Crippen LogP contribution in [0.4, 0.5) is 0 Å². The highest BCUT2D eigenvalue weighted by Gasteiger charge is 2.11. The van der Waals surface area contributed by atoms with Crippen LogP contribution in [-0.2, 0) is 10.5 Å². The van der Waals surface area contributed by atoms with Crippen LogP contribution >= 0.6 is 0 Å². The van der Waals surface area contributed by atoms with Gasteiger partial charge in [0.2, 0.25) is 9.04 Å². The molecule has 0 aliphatic rings. The maximum atomic E-state index is 6.10. The molecule has 0 aliphatic heterocycles. The van der Waals surface area contributed by atoms with Crippen molar-refractivity contribution in [3.05, 3.63) is 35.9 Å². The average Bonchev–Trinajstić information content (AvgIpc) is 2.30. The fraction of sp³-hybridized carbons (Fsp3) is 0.600. The normalized spacial score (nSPS) is 12.9. The molecule has 1 rings (SSSR count). The van der Waals surface area contributed by atoms with Crippen LogP contribution in [0, 0.1) is 0 Å². The Bertz CT molecular complexity index is 286. The second-order valence-electron chi connectivity index (χ2n) is 4.79. The lowest BCUT2D eigenvalue weighted by atomic mass is 10.1. The van der Waals surface area contributed by atoms with Gasteiger partial charge in [0, 0.05) is 6.10 Å². The van der Waals surface area contributed by atoms with E-state index in [9.17, 15) is 0 Å². The van der Waals surface area contributed by atoms with E-state index in [0.29, 0.717) is 6.10 Å². The van der Waals surface area contributed by atoms with Gasteiger partial charge in [-0.3, -0.25) is 0 Å². The van der Waals surface area contributed by atoms with Crippen molar-refractivity contribution < 1.29 is 4.43 Å². The summed E-state index contributed by atoms with van der Waals surface area (Å²) in [5.41, 5.74) is 1.41. The number of hydrogen-bond acceptors (Lipinski definition) is 1. The van der Waals surface area contributed by atoms with Crippen molar-refractivity contribution in [2.24, 2.45) is 0 Å². The molecule has 1 aromatic rings. The van der Waals surface area contributed by atoms with Crippen molar-refractivity contribution in [2.45, 2.75) is 58.2 Å². The summed E-state index contributed by atoms with van der Waals surface area (Å²) in [5.74, 6) is 0. The number of benzene rings is 1. The molecule has 0 heterocycles. The van der Waals surface area contributed by atoms with E-state index in [1.165, 1.54) is 31.2 Å². The first-order valence-electron chi connectivity index (χ1n) is 6.75. The lowest BCUT2D eigenvalue weighted by molar-refractivity contribution is 0.207. The smallest absolute Gasteiger partial charge is 0.213 e. The van der Waals surface area contributed by atoms with Gasteiger partial charge in [0.05, 0.1) is 0 Å². The second kappa shape index (κ2) is 8.48. The fourth-order valence-electron chi connectivity index (χ4n) is 2.01. The van der Waals surface area contributed by atoms with Crippen LogP contribution in [-0.4, -0.2) is 15.1 Å². The molecule has 0 fully saturated rings. The SMILES string of the molecule is CCCCCC(C)O[Si](C)Cc1ccccc1. The van der Waals surface area contributed by atoms with E-state index < -0.39 is 9.04 Å². The minimum absolute atomic E-state index is 0.434. The van der Waals surface area contributed by atoms with Crippen molar-refractivity contribution in [1.29, 1.82) is 0 Å². The van der Waals surface area contributed by atoms with Crippen molar-refractivity contribution in [3.8, 4) is 0 Å². The molecule has 17 heavy (non-hydrogen) atoms. The molecule has 1 nitrogen and oxygen atoms in total. The first-order valence-corrected chi connectivity index (χ1v) is 8.87. The van der Waals surface area contributed by atoms with Crippen LogP contribution < -0.4 is 0 Å². The van der Waals surface area contributed by atoms with E-state index in [4.69, 9.17) is 4.43 Å². The first-order chi connectivity index (χ1) is 8.22. The molecule has 2 heteroatoms. The van der Waals surface area contributed by atoms with Gasteiger partial charge in [0.25, 0.3) is 0 Å². The Labute approximate surface area is 108 Å². The van der Waals surface area contributed by atoms with E-state index in [-0.39, 0.29) is 0 Å². The van der Waals surface area contributed by atoms with Crippen LogP contribution in [0.5, 0.6) is 0 Å². The standard InChI is InChI=1S/C15H25OSi/c1-4-5-7-10-14(2)16-17(3)13-15-11-8-6-9-12-15/h6,8-9,11-12,14H,4-5,7,10,13H2,1-3H3. The summed E-state index contributed by atoms with van der Waals surface area (Å²) in [6.07, 6.45) is 5.57. The monoisotopic (exact) mass is 249 g/mol. The van der Waals surface area contributed by atoms with Crippen molar-refractivity contribution in [2.75, 3.05) is 0 Å². The van der Waals surface area contributed by atoms with Gasteiger partial charge in [-0.05, 0) is 31.5 Å². The minimum Gasteiger partial charge on any atom is -0.414 e. The maximum absolute atomic E-state index is 6.10. The second-order valence-corrected chi connectivity index (χ2v) is 6.78. The average molecular weight is 249 g/mol. The molecular formula is C15H25OSi. The van der Waals surface area contributed by atoms with E-state index in [0.717, 1.165) is 6.04 Å². The lowest BCUT2D eigenvalue weighted by Crippen LogP contribution is -2.23. The zero-order chi connectivity index (χ0) is 12.5. The van der Waals surface area contributed by atoms with Crippen LogP contribution in [0.1, 0.15) is 45.1 Å². The lowest BCUT2D eigenvalue weighted by Gasteiger charge is -2.17. The van der Waals surface area contributed by atoms with Gasteiger partial charge in [-0.1, -0.05) is 56.5 Å². The molecule has 0 saturated carbocycles. The fourth-order valence-corrected chi connectivity index (χ4v) is 3.71. The van der Waals surface area contributed by atoms with E-state index in [2.05, 4.69) is 50.7 Å². The molecule has 1 radical (unpaired) electrons. The quantitative estimate of drug-likeness (QED) is 0.491. The molecule has 0 saturated heterocycles. The van der Waals surface area contributed by atoms with Gasteiger partial charge in [0.15, 0.2) is 0 Å².